The summed E-state index contributed by atoms with van der Waals surface area (Å²) in [7, 11) is -3.55. The lowest BCUT2D eigenvalue weighted by atomic mass is 10.2. The molecule has 1 aromatic carbocycles. The average molecular weight is 388 g/mol. The predicted molar refractivity (Wildman–Crippen MR) is 96.8 cm³/mol. The second kappa shape index (κ2) is 7.01. The molecule has 0 spiro atoms. The number of anilines is 1. The molecule has 0 saturated carbocycles. The van der Waals surface area contributed by atoms with E-state index in [9.17, 15) is 13.2 Å². The Morgan fingerprint density at radius 3 is 2.56 bits per heavy atom. The predicted octanol–water partition coefficient (Wildman–Crippen LogP) is 1.03. The molecule has 25 heavy (non-hydrogen) atoms. The fourth-order valence-corrected chi connectivity index (χ4v) is 4.23. The molecule has 0 radical (unpaired) electrons. The molecule has 1 atom stereocenters. The van der Waals surface area contributed by atoms with E-state index in [1.807, 2.05) is 0 Å². The molecule has 1 saturated heterocycles. The molecule has 1 aromatic rings. The van der Waals surface area contributed by atoms with Gasteiger partial charge in [-0.3, -0.25) is 9.10 Å². The summed E-state index contributed by atoms with van der Waals surface area (Å²) < 4.78 is 31.4. The minimum Gasteiger partial charge on any atom is -0.476 e. The van der Waals surface area contributed by atoms with Gasteiger partial charge in [-0.1, -0.05) is 18.5 Å². The smallest absolute Gasteiger partial charge is 0.265 e. The van der Waals surface area contributed by atoms with Crippen LogP contribution in [0.1, 0.15) is 6.92 Å². The molecular weight excluding hydrogens is 366 g/mol. The second-order valence-electron chi connectivity index (χ2n) is 6.27. The topological polar surface area (TPSA) is 70.2 Å². The fraction of sp³-hybridized carbons (Fsp3) is 0.562. The van der Waals surface area contributed by atoms with Gasteiger partial charge in [0.2, 0.25) is 10.0 Å². The molecule has 2 heterocycles. The number of hydrogen-bond donors (Lipinski definition) is 0. The summed E-state index contributed by atoms with van der Waals surface area (Å²) in [6.07, 6.45) is 0.265. The van der Waals surface area contributed by atoms with Crippen LogP contribution < -0.4 is 9.04 Å². The highest BCUT2D eigenvalue weighted by atomic mass is 35.5. The molecule has 1 amide bonds. The largest absolute Gasteiger partial charge is 0.476 e. The number of halogens is 1. The van der Waals surface area contributed by atoms with Crippen LogP contribution in [0, 0.1) is 0 Å². The summed E-state index contributed by atoms with van der Waals surface area (Å²) in [6, 6.07) is 4.76. The highest BCUT2D eigenvalue weighted by Crippen LogP contribution is 2.37. The number of amides is 1. The number of nitrogens with zero attached hydrogens (tertiary/aromatic N) is 3. The van der Waals surface area contributed by atoms with Crippen molar-refractivity contribution in [2.45, 2.75) is 13.0 Å². The van der Waals surface area contributed by atoms with Gasteiger partial charge in [-0.05, 0) is 24.7 Å². The first-order valence-corrected chi connectivity index (χ1v) is 10.5. The molecule has 0 bridgehead atoms. The first-order valence-electron chi connectivity index (χ1n) is 8.24. The van der Waals surface area contributed by atoms with Gasteiger partial charge in [0.15, 0.2) is 6.10 Å². The monoisotopic (exact) mass is 387 g/mol. The van der Waals surface area contributed by atoms with Crippen molar-refractivity contribution in [3.05, 3.63) is 23.2 Å². The number of rotatable bonds is 3. The van der Waals surface area contributed by atoms with Gasteiger partial charge in [-0.2, -0.15) is 0 Å². The molecule has 0 unspecified atom stereocenters. The molecule has 2 aliphatic rings. The van der Waals surface area contributed by atoms with E-state index in [-0.39, 0.29) is 12.5 Å². The van der Waals surface area contributed by atoms with E-state index in [0.717, 1.165) is 25.9 Å². The number of carbonyl (C=O) groups is 1. The standard InChI is InChI=1S/C16H22ClN3O4S/c1-3-18-6-8-19(9-7-18)16(21)15-11-20(25(2,22)23)13-10-12(17)4-5-14(13)24-15/h4-5,10,15H,3,6-9,11H2,1-2H3/t15-/m1/s1. The summed E-state index contributed by atoms with van der Waals surface area (Å²) in [5, 5.41) is 0.413. The van der Waals surface area contributed by atoms with E-state index in [1.54, 1.807) is 23.1 Å². The van der Waals surface area contributed by atoms with E-state index in [0.29, 0.717) is 29.5 Å². The summed E-state index contributed by atoms with van der Waals surface area (Å²) in [4.78, 5) is 16.8. The van der Waals surface area contributed by atoms with E-state index in [1.165, 1.54) is 4.31 Å². The average Bonchev–Trinajstić information content (AvgIpc) is 2.59. The fourth-order valence-electron chi connectivity index (χ4n) is 3.16. The molecule has 138 valence electrons. The van der Waals surface area contributed by atoms with Crippen molar-refractivity contribution in [1.29, 1.82) is 0 Å². The van der Waals surface area contributed by atoms with E-state index in [4.69, 9.17) is 16.3 Å². The van der Waals surface area contributed by atoms with Gasteiger partial charge in [0.05, 0.1) is 18.5 Å². The van der Waals surface area contributed by atoms with Crippen LogP contribution in [0.5, 0.6) is 5.75 Å². The molecule has 7 nitrogen and oxygen atoms in total. The zero-order valence-electron chi connectivity index (χ0n) is 14.3. The Morgan fingerprint density at radius 1 is 1.28 bits per heavy atom. The summed E-state index contributed by atoms with van der Waals surface area (Å²) in [5.74, 6) is 0.177. The van der Waals surface area contributed by atoms with Crippen molar-refractivity contribution in [1.82, 2.24) is 9.80 Å². The summed E-state index contributed by atoms with van der Waals surface area (Å²) in [5.41, 5.74) is 0.370. The Balaban J connectivity index is 1.82. The Hall–Kier alpha value is -1.51. The lowest BCUT2D eigenvalue weighted by Gasteiger charge is -2.39. The van der Waals surface area contributed by atoms with Crippen LogP contribution in [-0.2, 0) is 14.8 Å². The van der Waals surface area contributed by atoms with E-state index >= 15 is 0 Å². The van der Waals surface area contributed by atoms with Crippen LogP contribution in [-0.4, -0.2) is 75.8 Å². The third kappa shape index (κ3) is 3.86. The maximum Gasteiger partial charge on any atom is 0.265 e. The quantitative estimate of drug-likeness (QED) is 0.774. The number of ether oxygens (including phenoxy) is 1. The first kappa shape index (κ1) is 18.3. The van der Waals surface area contributed by atoms with Gasteiger partial charge in [0.25, 0.3) is 5.91 Å². The molecule has 0 aliphatic carbocycles. The van der Waals surface area contributed by atoms with Gasteiger partial charge in [-0.15, -0.1) is 0 Å². The van der Waals surface area contributed by atoms with Crippen LogP contribution in [0.3, 0.4) is 0 Å². The van der Waals surface area contributed by atoms with Crippen LogP contribution in [0.25, 0.3) is 0 Å². The number of hydrogen-bond acceptors (Lipinski definition) is 5. The molecular formula is C16H22ClN3O4S. The van der Waals surface area contributed by atoms with Crippen molar-refractivity contribution in [2.24, 2.45) is 0 Å². The Kier molecular flexibility index (Phi) is 5.13. The van der Waals surface area contributed by atoms with Crippen LogP contribution in [0.2, 0.25) is 5.02 Å². The number of piperazine rings is 1. The van der Waals surface area contributed by atoms with Crippen molar-refractivity contribution in [3.8, 4) is 5.75 Å². The Bertz CT molecular complexity index is 763. The minimum atomic E-state index is -3.55. The third-order valence-corrected chi connectivity index (χ3v) is 5.98. The van der Waals surface area contributed by atoms with Gasteiger partial charge >= 0.3 is 0 Å². The maximum absolute atomic E-state index is 12.8. The van der Waals surface area contributed by atoms with Crippen molar-refractivity contribution in [2.75, 3.05) is 49.8 Å². The second-order valence-corrected chi connectivity index (χ2v) is 8.62. The molecule has 9 heteroatoms. The van der Waals surface area contributed by atoms with Gasteiger partial charge < -0.3 is 14.5 Å². The number of fused-ring (bicyclic) bond motifs is 1. The number of likely N-dealkylation sites (N-methyl/N-ethyl adjacent to an activating group) is 1. The van der Waals surface area contributed by atoms with Gasteiger partial charge in [0, 0.05) is 31.2 Å². The van der Waals surface area contributed by atoms with Crippen molar-refractivity contribution >= 4 is 33.2 Å². The van der Waals surface area contributed by atoms with E-state index in [2.05, 4.69) is 11.8 Å². The molecule has 3 rings (SSSR count). The Morgan fingerprint density at radius 2 is 1.96 bits per heavy atom. The van der Waals surface area contributed by atoms with Gasteiger partial charge in [-0.25, -0.2) is 8.42 Å². The van der Waals surface area contributed by atoms with Crippen LogP contribution in [0.15, 0.2) is 18.2 Å². The van der Waals surface area contributed by atoms with E-state index < -0.39 is 16.1 Å². The summed E-state index contributed by atoms with van der Waals surface area (Å²) >= 11 is 5.98. The van der Waals surface area contributed by atoms with Crippen LogP contribution >= 0.6 is 11.6 Å². The first-order chi connectivity index (χ1) is 11.8. The third-order valence-electron chi connectivity index (χ3n) is 4.60. The van der Waals surface area contributed by atoms with Crippen molar-refractivity contribution < 1.29 is 17.9 Å². The maximum atomic E-state index is 12.8. The number of carbonyl (C=O) groups excluding carboxylic acids is 1. The zero-order valence-corrected chi connectivity index (χ0v) is 15.9. The number of sulfonamides is 1. The molecule has 2 aliphatic heterocycles. The molecule has 0 N–H and O–H groups in total. The highest BCUT2D eigenvalue weighted by molar-refractivity contribution is 7.92. The number of benzene rings is 1. The normalized spacial score (nSPS) is 21.6. The Labute approximate surface area is 153 Å². The molecule has 0 aromatic heterocycles. The SMILES string of the molecule is CCN1CCN(C(=O)[C@H]2CN(S(C)(=O)=O)c3cc(Cl)ccc3O2)CC1. The lowest BCUT2D eigenvalue weighted by Crippen LogP contribution is -2.56. The lowest BCUT2D eigenvalue weighted by molar-refractivity contribution is -0.140. The zero-order chi connectivity index (χ0) is 18.2. The minimum absolute atomic E-state index is 0.0427. The molecule has 1 fully saturated rings. The van der Waals surface area contributed by atoms with Gasteiger partial charge in [0.1, 0.15) is 5.75 Å². The van der Waals surface area contributed by atoms with Crippen LogP contribution in [0.4, 0.5) is 5.69 Å². The summed E-state index contributed by atoms with van der Waals surface area (Å²) in [6.45, 7) is 5.89. The van der Waals surface area contributed by atoms with Crippen molar-refractivity contribution in [3.63, 3.8) is 0 Å². The highest BCUT2D eigenvalue weighted by Gasteiger charge is 2.37.